The molecule has 0 aliphatic carbocycles. The van der Waals surface area contributed by atoms with Crippen LogP contribution in [0, 0.1) is 0 Å². The van der Waals surface area contributed by atoms with Gasteiger partial charge in [-0.15, -0.1) is 0 Å². The lowest BCUT2D eigenvalue weighted by Gasteiger charge is -2.25. The number of rotatable bonds is 69. The number of unbranched alkanes of at least 4 members (excludes halogenated alkanes) is 50. The highest BCUT2D eigenvalue weighted by Crippen LogP contribution is 2.43. The number of phosphoric acid groups is 1. The Balaban J connectivity index is 4.07. The van der Waals surface area contributed by atoms with Crippen LogP contribution in [0.25, 0.3) is 0 Å². The predicted molar refractivity (Wildman–Crippen MR) is 369 cm³/mol. The van der Waals surface area contributed by atoms with Gasteiger partial charge < -0.3 is 19.8 Å². The summed E-state index contributed by atoms with van der Waals surface area (Å²) in [6, 6.07) is -0.871. The van der Waals surface area contributed by atoms with Crippen molar-refractivity contribution in [2.45, 2.75) is 386 Å². The fourth-order valence-corrected chi connectivity index (χ4v) is 12.0. The van der Waals surface area contributed by atoms with Crippen molar-refractivity contribution in [1.29, 1.82) is 0 Å². The summed E-state index contributed by atoms with van der Waals surface area (Å²) in [7, 11) is 1.56. The van der Waals surface area contributed by atoms with E-state index >= 15 is 0 Å². The molecule has 9 heteroatoms. The Hall–Kier alpha value is -1.54. The zero-order valence-electron chi connectivity index (χ0n) is 56.9. The average molecular weight is 1200 g/mol. The minimum absolute atomic E-state index is 0.0544. The van der Waals surface area contributed by atoms with Crippen LogP contribution in [0.4, 0.5) is 0 Å². The molecule has 0 heterocycles. The molecule has 0 rings (SSSR count). The minimum Gasteiger partial charge on any atom is -0.387 e. The van der Waals surface area contributed by atoms with Crippen molar-refractivity contribution in [1.82, 2.24) is 5.32 Å². The molecule has 8 nitrogen and oxygen atoms in total. The van der Waals surface area contributed by atoms with Gasteiger partial charge in [-0.25, -0.2) is 4.57 Å². The molecular formula is C75H146N2O6P+. The van der Waals surface area contributed by atoms with Gasteiger partial charge in [0, 0.05) is 6.42 Å². The van der Waals surface area contributed by atoms with Crippen molar-refractivity contribution in [2.24, 2.45) is 0 Å². The average Bonchev–Trinajstić information content (AvgIpc) is 3.56. The first-order valence-electron chi connectivity index (χ1n) is 37.0. The van der Waals surface area contributed by atoms with E-state index < -0.39 is 20.0 Å². The predicted octanol–water partition coefficient (Wildman–Crippen LogP) is 23.8. The normalized spacial score (nSPS) is 13.8. The molecule has 0 aliphatic rings. The Kier molecular flexibility index (Phi) is 64.7. The molecule has 496 valence electrons. The number of hydrogen-bond donors (Lipinski definition) is 3. The number of carbonyl (C=O) groups excluding carboxylic acids is 1. The Morgan fingerprint density at radius 2 is 0.655 bits per heavy atom. The molecule has 0 saturated carbocycles. The van der Waals surface area contributed by atoms with E-state index in [4.69, 9.17) is 9.05 Å². The number of aliphatic hydroxyl groups is 1. The molecule has 0 fully saturated rings. The third-order valence-corrected chi connectivity index (χ3v) is 18.0. The van der Waals surface area contributed by atoms with E-state index in [0.717, 1.165) is 44.9 Å². The van der Waals surface area contributed by atoms with E-state index in [2.05, 4.69) is 55.6 Å². The SMILES string of the molecule is CCCCCCCCCC/C=C\CCCCCCCCCCCCCCCCCCCCCC(=O)NC(COP(=O)(O)OCC[N+](C)(C)C)C(O)/C=C/CC/C=C/CC/C=C/CCCCCCCCCCCCCCCCCCCCCCC. The summed E-state index contributed by atoms with van der Waals surface area (Å²) in [5.41, 5.74) is 0. The first-order chi connectivity index (χ1) is 41.0. The van der Waals surface area contributed by atoms with Crippen molar-refractivity contribution in [3.05, 3.63) is 48.6 Å². The quantitative estimate of drug-likeness (QED) is 0.0243. The second-order valence-electron chi connectivity index (χ2n) is 26.7. The van der Waals surface area contributed by atoms with E-state index in [1.54, 1.807) is 6.08 Å². The fraction of sp³-hybridized carbons (Fsp3) is 0.880. The number of phosphoric ester groups is 1. The number of amides is 1. The highest BCUT2D eigenvalue weighted by atomic mass is 31.2. The highest BCUT2D eigenvalue weighted by Gasteiger charge is 2.28. The summed E-state index contributed by atoms with van der Waals surface area (Å²) in [5.74, 6) is -0.184. The molecule has 0 bridgehead atoms. The maximum absolute atomic E-state index is 13.1. The standard InChI is InChI=1S/C75H145N2O6P/c1-6-8-10-12-14-16-18-20-22-24-26-28-30-32-34-36-38-40-42-44-46-48-50-52-54-56-58-60-62-64-66-68-74(78)73(72-83-84(80,81)82-71-70-77(3,4)5)76-75(79)69-67-65-63-61-59-57-55-53-51-49-47-45-43-41-39-37-35-33-31-29-27-25-23-21-19-17-15-13-11-9-7-2/h25,27,50,52,58,60,66,68,73-74,78H,6-24,26,28-49,51,53-57,59,61-65,67,69-72H2,1-5H3,(H-,76,79,80,81)/p+1/b27-25-,52-50+,60-58+,68-66+. The molecule has 0 spiro atoms. The van der Waals surface area contributed by atoms with E-state index in [9.17, 15) is 19.4 Å². The van der Waals surface area contributed by atoms with Gasteiger partial charge in [0.15, 0.2) is 0 Å². The largest absolute Gasteiger partial charge is 0.472 e. The van der Waals surface area contributed by atoms with Crippen molar-refractivity contribution < 1.29 is 32.9 Å². The second kappa shape index (κ2) is 65.9. The molecule has 0 aliphatic heterocycles. The van der Waals surface area contributed by atoms with Crippen LogP contribution in [-0.2, 0) is 18.4 Å². The number of nitrogens with zero attached hydrogens (tertiary/aromatic N) is 1. The van der Waals surface area contributed by atoms with Crippen LogP contribution in [0.2, 0.25) is 0 Å². The lowest BCUT2D eigenvalue weighted by molar-refractivity contribution is -0.870. The lowest BCUT2D eigenvalue weighted by atomic mass is 10.0. The Morgan fingerprint density at radius 3 is 0.952 bits per heavy atom. The number of hydrogen-bond acceptors (Lipinski definition) is 5. The summed E-state index contributed by atoms with van der Waals surface area (Å²) in [6.07, 6.45) is 90.0. The van der Waals surface area contributed by atoms with Gasteiger partial charge in [-0.3, -0.25) is 13.8 Å². The number of carbonyl (C=O) groups is 1. The number of aliphatic hydroxyl groups excluding tert-OH is 1. The smallest absolute Gasteiger partial charge is 0.387 e. The van der Waals surface area contributed by atoms with Crippen LogP contribution in [0.3, 0.4) is 0 Å². The number of nitrogens with one attached hydrogen (secondary N) is 1. The highest BCUT2D eigenvalue weighted by molar-refractivity contribution is 7.47. The van der Waals surface area contributed by atoms with Crippen molar-refractivity contribution in [3.8, 4) is 0 Å². The Bertz CT molecular complexity index is 1510. The minimum atomic E-state index is -4.37. The molecule has 0 radical (unpaired) electrons. The van der Waals surface area contributed by atoms with Gasteiger partial charge in [-0.1, -0.05) is 345 Å². The van der Waals surface area contributed by atoms with Crippen LogP contribution in [-0.4, -0.2) is 73.4 Å². The van der Waals surface area contributed by atoms with Gasteiger partial charge in [0.05, 0.1) is 39.9 Å². The Morgan fingerprint density at radius 1 is 0.393 bits per heavy atom. The van der Waals surface area contributed by atoms with Crippen LogP contribution in [0.15, 0.2) is 48.6 Å². The van der Waals surface area contributed by atoms with E-state index in [-0.39, 0.29) is 19.1 Å². The van der Waals surface area contributed by atoms with E-state index in [1.807, 2.05) is 27.2 Å². The molecule has 3 unspecified atom stereocenters. The maximum Gasteiger partial charge on any atom is 0.472 e. The number of likely N-dealkylation sites (N-methyl/N-ethyl adjacent to an activating group) is 1. The molecular weight excluding hydrogens is 1060 g/mol. The van der Waals surface area contributed by atoms with Crippen molar-refractivity contribution in [2.75, 3.05) is 40.9 Å². The van der Waals surface area contributed by atoms with Crippen LogP contribution < -0.4 is 5.32 Å². The van der Waals surface area contributed by atoms with Gasteiger partial charge in [0.1, 0.15) is 13.2 Å². The Labute approximate surface area is 524 Å². The molecule has 3 atom stereocenters. The second-order valence-corrected chi connectivity index (χ2v) is 28.1. The van der Waals surface area contributed by atoms with Gasteiger partial charge >= 0.3 is 7.82 Å². The van der Waals surface area contributed by atoms with Crippen LogP contribution in [0.1, 0.15) is 373 Å². The summed E-state index contributed by atoms with van der Waals surface area (Å²) < 4.78 is 23.8. The van der Waals surface area contributed by atoms with Gasteiger partial charge in [-0.05, 0) is 70.6 Å². The van der Waals surface area contributed by atoms with Crippen LogP contribution in [0.5, 0.6) is 0 Å². The van der Waals surface area contributed by atoms with Gasteiger partial charge in [-0.2, -0.15) is 0 Å². The molecule has 84 heavy (non-hydrogen) atoms. The molecule has 0 aromatic carbocycles. The van der Waals surface area contributed by atoms with Gasteiger partial charge in [0.2, 0.25) is 5.91 Å². The molecule has 0 saturated heterocycles. The summed E-state index contributed by atoms with van der Waals surface area (Å²) in [6.45, 7) is 4.84. The third kappa shape index (κ3) is 68.0. The van der Waals surface area contributed by atoms with E-state index in [1.165, 1.54) is 308 Å². The molecule has 0 aromatic heterocycles. The van der Waals surface area contributed by atoms with Gasteiger partial charge in [0.25, 0.3) is 0 Å². The first-order valence-corrected chi connectivity index (χ1v) is 38.5. The summed E-state index contributed by atoms with van der Waals surface area (Å²) >= 11 is 0. The molecule has 3 N–H and O–H groups in total. The van der Waals surface area contributed by atoms with Crippen molar-refractivity contribution in [3.63, 3.8) is 0 Å². The topological polar surface area (TPSA) is 105 Å². The van der Waals surface area contributed by atoms with Crippen molar-refractivity contribution >= 4 is 13.7 Å². The zero-order valence-corrected chi connectivity index (χ0v) is 57.8. The number of allylic oxidation sites excluding steroid dienone is 7. The fourth-order valence-electron chi connectivity index (χ4n) is 11.3. The lowest BCUT2D eigenvalue weighted by Crippen LogP contribution is -2.45. The third-order valence-electron chi connectivity index (χ3n) is 17.0. The van der Waals surface area contributed by atoms with E-state index in [0.29, 0.717) is 17.4 Å². The molecule has 0 aromatic rings. The summed E-state index contributed by atoms with van der Waals surface area (Å²) in [4.78, 5) is 23.4. The zero-order chi connectivity index (χ0) is 61.2. The maximum atomic E-state index is 13.1. The monoisotopic (exact) mass is 1200 g/mol. The first kappa shape index (κ1) is 82.5. The van der Waals surface area contributed by atoms with Crippen LogP contribution >= 0.6 is 7.82 Å². The molecule has 1 amide bonds. The number of quaternary nitrogens is 1. The summed E-state index contributed by atoms with van der Waals surface area (Å²) in [5, 5.41) is 14.0.